The molecule has 3 nitrogen and oxygen atoms in total. The van der Waals surface area contributed by atoms with Crippen LogP contribution in [0.1, 0.15) is 37.8 Å². The van der Waals surface area contributed by atoms with E-state index in [1.807, 2.05) is 30.3 Å². The molecular weight excluding hydrogens is 334 g/mol. The lowest BCUT2D eigenvalue weighted by atomic mass is 9.77. The van der Waals surface area contributed by atoms with Crippen molar-refractivity contribution >= 4 is 10.9 Å². The van der Waals surface area contributed by atoms with E-state index in [1.165, 1.54) is 5.56 Å². The van der Waals surface area contributed by atoms with Crippen molar-refractivity contribution in [2.24, 2.45) is 7.05 Å². The third-order valence-corrected chi connectivity index (χ3v) is 5.50. The molecule has 0 saturated carbocycles. The Bertz CT molecular complexity index is 1020. The van der Waals surface area contributed by atoms with Crippen molar-refractivity contribution in [2.45, 2.75) is 38.7 Å². The van der Waals surface area contributed by atoms with Crippen LogP contribution in [0.25, 0.3) is 10.9 Å². The van der Waals surface area contributed by atoms with E-state index >= 15 is 0 Å². The van der Waals surface area contributed by atoms with Gasteiger partial charge in [-0.2, -0.15) is 0 Å². The van der Waals surface area contributed by atoms with Crippen LogP contribution in [-0.2, 0) is 19.1 Å². The van der Waals surface area contributed by atoms with Crippen LogP contribution in [-0.4, -0.2) is 4.57 Å². The van der Waals surface area contributed by atoms with Gasteiger partial charge in [0.25, 0.3) is 5.56 Å². The average molecular weight is 361 g/mol. The highest BCUT2D eigenvalue weighted by molar-refractivity contribution is 5.79. The molecule has 0 aliphatic rings. The summed E-state index contributed by atoms with van der Waals surface area (Å²) in [6.45, 7) is 8.87. The standard InChI is InChI=1S/C24H27NO2/c1-5-14-24(3,6-2)20-8-7-9-21(16-20)27-17-18-10-12-22-19(15-18)11-13-23(26)25(22)4/h5,7-13,15-16H,1,6,14,17H2,2-4H3. The minimum atomic E-state index is 0.00168. The van der Waals surface area contributed by atoms with Crippen LogP contribution < -0.4 is 10.3 Å². The Morgan fingerprint density at radius 1 is 1.15 bits per heavy atom. The molecule has 2 aromatic carbocycles. The lowest BCUT2D eigenvalue weighted by Crippen LogP contribution is -2.19. The monoisotopic (exact) mass is 361 g/mol. The Balaban J connectivity index is 1.80. The normalized spacial score (nSPS) is 13.3. The Labute approximate surface area is 160 Å². The zero-order valence-corrected chi connectivity index (χ0v) is 16.4. The molecule has 0 spiro atoms. The van der Waals surface area contributed by atoms with E-state index in [-0.39, 0.29) is 11.0 Å². The highest BCUT2D eigenvalue weighted by atomic mass is 16.5. The maximum atomic E-state index is 11.7. The number of fused-ring (bicyclic) bond motifs is 1. The number of aryl methyl sites for hydroxylation is 1. The van der Waals surface area contributed by atoms with Gasteiger partial charge in [0.05, 0.1) is 5.52 Å². The van der Waals surface area contributed by atoms with Gasteiger partial charge in [-0.1, -0.05) is 38.1 Å². The number of rotatable bonds is 7. The summed E-state index contributed by atoms with van der Waals surface area (Å²) in [5.41, 5.74) is 3.36. The fourth-order valence-corrected chi connectivity index (χ4v) is 3.44. The number of pyridine rings is 1. The third kappa shape index (κ3) is 3.97. The molecule has 0 fully saturated rings. The zero-order chi connectivity index (χ0) is 19.4. The summed E-state index contributed by atoms with van der Waals surface area (Å²) < 4.78 is 7.72. The SMILES string of the molecule is C=CCC(C)(CC)c1cccc(OCc2ccc3c(ccc(=O)n3C)c2)c1. The number of hydrogen-bond acceptors (Lipinski definition) is 2. The minimum absolute atomic E-state index is 0.00168. The molecule has 0 radical (unpaired) electrons. The van der Waals surface area contributed by atoms with Crippen LogP contribution in [0.15, 0.2) is 72.0 Å². The van der Waals surface area contributed by atoms with Crippen LogP contribution in [0, 0.1) is 0 Å². The molecule has 3 rings (SSSR count). The van der Waals surface area contributed by atoms with Gasteiger partial charge in [0.15, 0.2) is 0 Å². The van der Waals surface area contributed by atoms with Crippen molar-refractivity contribution in [3.8, 4) is 5.75 Å². The van der Waals surface area contributed by atoms with E-state index in [2.05, 4.69) is 44.7 Å². The van der Waals surface area contributed by atoms with Gasteiger partial charge < -0.3 is 9.30 Å². The molecule has 1 unspecified atom stereocenters. The van der Waals surface area contributed by atoms with Gasteiger partial charge in [0.1, 0.15) is 12.4 Å². The van der Waals surface area contributed by atoms with E-state index in [9.17, 15) is 4.79 Å². The Morgan fingerprint density at radius 2 is 1.96 bits per heavy atom. The molecule has 0 N–H and O–H groups in total. The second-order valence-electron chi connectivity index (χ2n) is 7.35. The number of allylic oxidation sites excluding steroid dienone is 1. The number of ether oxygens (including phenoxy) is 1. The average Bonchev–Trinajstić information content (AvgIpc) is 2.69. The van der Waals surface area contributed by atoms with Crippen molar-refractivity contribution in [1.29, 1.82) is 0 Å². The van der Waals surface area contributed by atoms with E-state index in [0.29, 0.717) is 6.61 Å². The number of benzene rings is 2. The first-order chi connectivity index (χ1) is 13.0. The summed E-state index contributed by atoms with van der Waals surface area (Å²) in [6.07, 6.45) is 3.97. The maximum Gasteiger partial charge on any atom is 0.250 e. The van der Waals surface area contributed by atoms with Gasteiger partial charge >= 0.3 is 0 Å². The van der Waals surface area contributed by atoms with E-state index in [4.69, 9.17) is 4.74 Å². The summed E-state index contributed by atoms with van der Waals surface area (Å²) in [4.78, 5) is 11.7. The quantitative estimate of drug-likeness (QED) is 0.530. The fraction of sp³-hybridized carbons (Fsp3) is 0.292. The second-order valence-corrected chi connectivity index (χ2v) is 7.35. The Morgan fingerprint density at radius 3 is 2.70 bits per heavy atom. The first-order valence-electron chi connectivity index (χ1n) is 9.40. The van der Waals surface area contributed by atoms with Crippen LogP contribution >= 0.6 is 0 Å². The molecule has 0 aliphatic heterocycles. The van der Waals surface area contributed by atoms with Gasteiger partial charge in [-0.05, 0) is 65.1 Å². The lowest BCUT2D eigenvalue weighted by molar-refractivity contribution is 0.305. The first-order valence-corrected chi connectivity index (χ1v) is 9.40. The minimum Gasteiger partial charge on any atom is -0.489 e. The van der Waals surface area contributed by atoms with Gasteiger partial charge in [-0.25, -0.2) is 0 Å². The highest BCUT2D eigenvalue weighted by Crippen LogP contribution is 2.33. The zero-order valence-electron chi connectivity index (χ0n) is 16.4. The van der Waals surface area contributed by atoms with E-state index < -0.39 is 0 Å². The molecule has 1 heterocycles. The van der Waals surface area contributed by atoms with Gasteiger partial charge in [-0.3, -0.25) is 4.79 Å². The molecule has 0 aliphatic carbocycles. The third-order valence-electron chi connectivity index (χ3n) is 5.50. The molecule has 140 valence electrons. The molecule has 1 atom stereocenters. The topological polar surface area (TPSA) is 31.2 Å². The summed E-state index contributed by atoms with van der Waals surface area (Å²) >= 11 is 0. The van der Waals surface area contributed by atoms with Crippen molar-refractivity contribution < 1.29 is 4.74 Å². The molecule has 27 heavy (non-hydrogen) atoms. The second kappa shape index (κ2) is 7.83. The van der Waals surface area contributed by atoms with Crippen molar-refractivity contribution in [2.75, 3.05) is 0 Å². The summed E-state index contributed by atoms with van der Waals surface area (Å²) in [6, 6.07) is 17.9. The number of aromatic nitrogens is 1. The summed E-state index contributed by atoms with van der Waals surface area (Å²) in [5, 5.41) is 1.04. The highest BCUT2D eigenvalue weighted by Gasteiger charge is 2.23. The maximum absolute atomic E-state index is 11.7. The van der Waals surface area contributed by atoms with Crippen LogP contribution in [0.5, 0.6) is 5.75 Å². The van der Waals surface area contributed by atoms with Crippen LogP contribution in [0.3, 0.4) is 0 Å². The predicted octanol–water partition coefficient (Wildman–Crippen LogP) is 5.36. The molecular formula is C24H27NO2. The largest absolute Gasteiger partial charge is 0.489 e. The molecule has 3 heteroatoms. The Hall–Kier alpha value is -2.81. The molecule has 0 amide bonds. The number of nitrogens with zero attached hydrogens (tertiary/aromatic N) is 1. The van der Waals surface area contributed by atoms with Crippen molar-refractivity contribution in [1.82, 2.24) is 4.57 Å². The first kappa shape index (κ1) is 19.0. The summed E-state index contributed by atoms with van der Waals surface area (Å²) in [7, 11) is 1.79. The van der Waals surface area contributed by atoms with Gasteiger partial charge in [0, 0.05) is 13.1 Å². The van der Waals surface area contributed by atoms with E-state index in [1.54, 1.807) is 17.7 Å². The van der Waals surface area contributed by atoms with Crippen LogP contribution in [0.4, 0.5) is 0 Å². The smallest absolute Gasteiger partial charge is 0.250 e. The lowest BCUT2D eigenvalue weighted by Gasteiger charge is -2.28. The summed E-state index contributed by atoms with van der Waals surface area (Å²) in [5.74, 6) is 0.872. The van der Waals surface area contributed by atoms with E-state index in [0.717, 1.165) is 35.1 Å². The molecule has 0 bridgehead atoms. The predicted molar refractivity (Wildman–Crippen MR) is 112 cm³/mol. The fourth-order valence-electron chi connectivity index (χ4n) is 3.44. The van der Waals surface area contributed by atoms with Gasteiger partial charge in [0.2, 0.25) is 0 Å². The van der Waals surface area contributed by atoms with Gasteiger partial charge in [-0.15, -0.1) is 6.58 Å². The molecule has 0 saturated heterocycles. The van der Waals surface area contributed by atoms with Crippen molar-refractivity contribution in [3.05, 3.63) is 88.7 Å². The van der Waals surface area contributed by atoms with Crippen molar-refractivity contribution in [3.63, 3.8) is 0 Å². The van der Waals surface area contributed by atoms with Crippen LogP contribution in [0.2, 0.25) is 0 Å². The Kier molecular flexibility index (Phi) is 5.50. The number of hydrogen-bond donors (Lipinski definition) is 0. The molecule has 1 aromatic heterocycles. The molecule has 3 aromatic rings.